The van der Waals surface area contributed by atoms with Gasteiger partial charge < -0.3 is 5.32 Å². The number of aromatic amines is 1. The summed E-state index contributed by atoms with van der Waals surface area (Å²) in [6.07, 6.45) is 1.14. The van der Waals surface area contributed by atoms with Crippen LogP contribution in [0.1, 0.15) is 45.7 Å². The van der Waals surface area contributed by atoms with Crippen molar-refractivity contribution in [2.24, 2.45) is 5.92 Å². The average molecular weight is 195 g/mol. The van der Waals surface area contributed by atoms with Crippen LogP contribution in [0.2, 0.25) is 0 Å². The molecule has 0 fully saturated rings. The highest BCUT2D eigenvalue weighted by molar-refractivity contribution is 5.36. The molecule has 3 nitrogen and oxygen atoms in total. The van der Waals surface area contributed by atoms with Gasteiger partial charge in [-0.3, -0.25) is 5.10 Å². The van der Waals surface area contributed by atoms with E-state index in [1.807, 2.05) is 0 Å². The number of hydrogen-bond donors (Lipinski definition) is 2. The molecule has 0 aliphatic heterocycles. The number of nitrogens with one attached hydrogen (secondary N) is 2. The molecule has 1 unspecified atom stereocenters. The van der Waals surface area contributed by atoms with Crippen molar-refractivity contribution in [3.05, 3.63) is 11.8 Å². The summed E-state index contributed by atoms with van der Waals surface area (Å²) in [7, 11) is 0. The van der Waals surface area contributed by atoms with Crippen molar-refractivity contribution < 1.29 is 0 Å². The summed E-state index contributed by atoms with van der Waals surface area (Å²) in [6.45, 7) is 9.75. The van der Waals surface area contributed by atoms with E-state index < -0.39 is 0 Å². The molecule has 80 valence electrons. The van der Waals surface area contributed by atoms with E-state index in [0.717, 1.165) is 18.8 Å². The van der Waals surface area contributed by atoms with Crippen LogP contribution in [0, 0.1) is 5.92 Å². The quantitative estimate of drug-likeness (QED) is 0.758. The van der Waals surface area contributed by atoms with Gasteiger partial charge in [0.2, 0.25) is 0 Å². The van der Waals surface area contributed by atoms with Gasteiger partial charge in [0.15, 0.2) is 0 Å². The first-order valence-electron chi connectivity index (χ1n) is 5.42. The van der Waals surface area contributed by atoms with E-state index in [4.69, 9.17) is 0 Å². The topological polar surface area (TPSA) is 40.7 Å². The third-order valence-electron chi connectivity index (χ3n) is 2.43. The minimum atomic E-state index is 0.567. The molecule has 0 saturated carbocycles. The van der Waals surface area contributed by atoms with Crippen LogP contribution >= 0.6 is 0 Å². The molecule has 0 radical (unpaired) electrons. The number of nitrogens with zero attached hydrogens (tertiary/aromatic N) is 1. The highest BCUT2D eigenvalue weighted by Crippen LogP contribution is 2.18. The molecule has 1 atom stereocenters. The van der Waals surface area contributed by atoms with Gasteiger partial charge in [0.1, 0.15) is 5.82 Å². The van der Waals surface area contributed by atoms with Gasteiger partial charge in [-0.15, -0.1) is 0 Å². The Morgan fingerprint density at radius 3 is 2.71 bits per heavy atom. The van der Waals surface area contributed by atoms with Gasteiger partial charge in [0, 0.05) is 18.3 Å². The number of aromatic nitrogens is 2. The molecule has 3 heteroatoms. The lowest BCUT2D eigenvalue weighted by molar-refractivity contribution is 0.686. The van der Waals surface area contributed by atoms with Gasteiger partial charge in [-0.05, 0) is 18.3 Å². The molecule has 0 amide bonds. The highest BCUT2D eigenvalue weighted by Gasteiger charge is 2.06. The fourth-order valence-corrected chi connectivity index (χ4v) is 1.21. The number of anilines is 1. The second-order valence-corrected chi connectivity index (χ2v) is 4.29. The van der Waals surface area contributed by atoms with E-state index in [1.165, 1.54) is 5.69 Å². The Morgan fingerprint density at radius 1 is 1.43 bits per heavy atom. The predicted molar refractivity (Wildman–Crippen MR) is 60.6 cm³/mol. The van der Waals surface area contributed by atoms with Crippen LogP contribution in [0.5, 0.6) is 0 Å². The molecule has 1 aromatic rings. The molecule has 1 heterocycles. The molecular weight excluding hydrogens is 174 g/mol. The Bertz CT molecular complexity index is 265. The first kappa shape index (κ1) is 11.1. The second-order valence-electron chi connectivity index (χ2n) is 4.29. The number of hydrogen-bond acceptors (Lipinski definition) is 2. The van der Waals surface area contributed by atoms with E-state index in [2.05, 4.69) is 49.3 Å². The number of rotatable bonds is 5. The summed E-state index contributed by atoms with van der Waals surface area (Å²) in [6, 6.07) is 2.11. The normalized spacial score (nSPS) is 13.2. The van der Waals surface area contributed by atoms with Crippen molar-refractivity contribution in [2.45, 2.75) is 40.0 Å². The molecule has 2 N–H and O–H groups in total. The lowest BCUT2D eigenvalue weighted by Crippen LogP contribution is -2.07. The minimum absolute atomic E-state index is 0.567. The molecule has 0 saturated heterocycles. The van der Waals surface area contributed by atoms with Crippen molar-refractivity contribution >= 4 is 5.82 Å². The summed E-state index contributed by atoms with van der Waals surface area (Å²) in [5.74, 6) is 2.19. The fraction of sp³-hybridized carbons (Fsp3) is 0.727. The Kier molecular flexibility index (Phi) is 3.98. The number of H-pyrrole nitrogens is 1. The summed E-state index contributed by atoms with van der Waals surface area (Å²) in [5, 5.41) is 10.6. The maximum absolute atomic E-state index is 4.22. The molecule has 0 aromatic carbocycles. The smallest absolute Gasteiger partial charge is 0.148 e. The molecule has 0 bridgehead atoms. The van der Waals surface area contributed by atoms with Crippen LogP contribution in [0.15, 0.2) is 6.07 Å². The van der Waals surface area contributed by atoms with Gasteiger partial charge in [-0.2, -0.15) is 5.10 Å². The zero-order valence-corrected chi connectivity index (χ0v) is 9.59. The Labute approximate surface area is 86.3 Å². The monoisotopic (exact) mass is 195 g/mol. The first-order chi connectivity index (χ1) is 6.63. The summed E-state index contributed by atoms with van der Waals surface area (Å²) >= 11 is 0. The first-order valence-corrected chi connectivity index (χ1v) is 5.42. The summed E-state index contributed by atoms with van der Waals surface area (Å²) in [5.41, 5.74) is 1.22. The second kappa shape index (κ2) is 5.03. The molecule has 1 aromatic heterocycles. The highest BCUT2D eigenvalue weighted by atomic mass is 15.2. The minimum Gasteiger partial charge on any atom is -0.368 e. The van der Waals surface area contributed by atoms with Crippen molar-refractivity contribution in [2.75, 3.05) is 11.9 Å². The van der Waals surface area contributed by atoms with E-state index >= 15 is 0 Å². The standard InChI is InChI=1S/C11H21N3/c1-5-9(4)10-6-11(14-13-10)12-7-8(2)3/h6,8-9H,5,7H2,1-4H3,(H2,12,13,14). The third-order valence-corrected chi connectivity index (χ3v) is 2.43. The van der Waals surface area contributed by atoms with Gasteiger partial charge in [0.05, 0.1) is 0 Å². The van der Waals surface area contributed by atoms with Crippen LogP contribution in [0.4, 0.5) is 5.82 Å². The van der Waals surface area contributed by atoms with Crippen LogP contribution < -0.4 is 5.32 Å². The van der Waals surface area contributed by atoms with Crippen molar-refractivity contribution in [3.63, 3.8) is 0 Å². The maximum Gasteiger partial charge on any atom is 0.148 e. The van der Waals surface area contributed by atoms with E-state index in [-0.39, 0.29) is 0 Å². The SMILES string of the molecule is CCC(C)c1cc(NCC(C)C)n[nH]1. The van der Waals surface area contributed by atoms with Crippen LogP contribution in [0.25, 0.3) is 0 Å². The van der Waals surface area contributed by atoms with Gasteiger partial charge >= 0.3 is 0 Å². The lowest BCUT2D eigenvalue weighted by atomic mass is 10.1. The van der Waals surface area contributed by atoms with Crippen LogP contribution in [0.3, 0.4) is 0 Å². The van der Waals surface area contributed by atoms with Crippen LogP contribution in [-0.2, 0) is 0 Å². The zero-order chi connectivity index (χ0) is 10.6. The summed E-state index contributed by atoms with van der Waals surface area (Å²) in [4.78, 5) is 0. The lowest BCUT2D eigenvalue weighted by Gasteiger charge is -2.05. The molecular formula is C11H21N3. The zero-order valence-electron chi connectivity index (χ0n) is 9.59. The van der Waals surface area contributed by atoms with Gasteiger partial charge in [-0.25, -0.2) is 0 Å². The largest absolute Gasteiger partial charge is 0.368 e. The third kappa shape index (κ3) is 3.05. The van der Waals surface area contributed by atoms with E-state index in [1.54, 1.807) is 0 Å². The van der Waals surface area contributed by atoms with Crippen molar-refractivity contribution in [1.82, 2.24) is 10.2 Å². The van der Waals surface area contributed by atoms with Gasteiger partial charge in [0.25, 0.3) is 0 Å². The molecule has 1 rings (SSSR count). The van der Waals surface area contributed by atoms with Crippen molar-refractivity contribution in [3.8, 4) is 0 Å². The van der Waals surface area contributed by atoms with E-state index in [0.29, 0.717) is 11.8 Å². The average Bonchev–Trinajstić information content (AvgIpc) is 2.62. The molecule has 0 aliphatic carbocycles. The van der Waals surface area contributed by atoms with Gasteiger partial charge in [-0.1, -0.05) is 27.7 Å². The molecule has 0 spiro atoms. The molecule has 14 heavy (non-hydrogen) atoms. The Hall–Kier alpha value is -0.990. The van der Waals surface area contributed by atoms with Crippen molar-refractivity contribution in [1.29, 1.82) is 0 Å². The Balaban J connectivity index is 2.50. The summed E-state index contributed by atoms with van der Waals surface area (Å²) < 4.78 is 0. The van der Waals surface area contributed by atoms with E-state index in [9.17, 15) is 0 Å². The Morgan fingerprint density at radius 2 is 2.14 bits per heavy atom. The fourth-order valence-electron chi connectivity index (χ4n) is 1.21. The van der Waals surface area contributed by atoms with Crippen LogP contribution in [-0.4, -0.2) is 16.7 Å². The molecule has 0 aliphatic rings. The maximum atomic E-state index is 4.22. The predicted octanol–water partition coefficient (Wildman–Crippen LogP) is 2.99.